The SMILES string of the molecule is OC1(CNC2CNC2)CCCC1. The van der Waals surface area contributed by atoms with Crippen LogP contribution in [0, 0.1) is 0 Å². The van der Waals surface area contributed by atoms with Gasteiger partial charge in [0.2, 0.25) is 0 Å². The van der Waals surface area contributed by atoms with Gasteiger partial charge in [-0.05, 0) is 12.8 Å². The molecule has 0 amide bonds. The molecule has 1 saturated heterocycles. The van der Waals surface area contributed by atoms with Gasteiger partial charge >= 0.3 is 0 Å². The molecule has 1 heterocycles. The topological polar surface area (TPSA) is 44.3 Å². The Balaban J connectivity index is 1.70. The molecule has 1 aliphatic carbocycles. The van der Waals surface area contributed by atoms with Gasteiger partial charge in [0, 0.05) is 25.7 Å². The minimum Gasteiger partial charge on any atom is -0.389 e. The third-order valence-corrected chi connectivity index (χ3v) is 3.04. The molecule has 0 unspecified atom stereocenters. The third kappa shape index (κ3) is 1.79. The molecule has 2 rings (SSSR count). The van der Waals surface area contributed by atoms with E-state index in [1.54, 1.807) is 0 Å². The monoisotopic (exact) mass is 170 g/mol. The lowest BCUT2D eigenvalue weighted by molar-refractivity contribution is 0.0428. The molecule has 3 heteroatoms. The number of aliphatic hydroxyl groups is 1. The van der Waals surface area contributed by atoms with Crippen LogP contribution in [-0.4, -0.2) is 36.4 Å². The van der Waals surface area contributed by atoms with Crippen LogP contribution in [0.3, 0.4) is 0 Å². The Morgan fingerprint density at radius 3 is 2.50 bits per heavy atom. The van der Waals surface area contributed by atoms with Crippen molar-refractivity contribution >= 4 is 0 Å². The standard InChI is InChI=1S/C9H18N2O/c12-9(3-1-2-4-9)7-11-8-5-10-6-8/h8,10-12H,1-7H2. The number of nitrogens with one attached hydrogen (secondary N) is 2. The zero-order valence-corrected chi connectivity index (χ0v) is 7.47. The van der Waals surface area contributed by atoms with Crippen LogP contribution < -0.4 is 10.6 Å². The Hall–Kier alpha value is -0.120. The Morgan fingerprint density at radius 1 is 1.33 bits per heavy atom. The van der Waals surface area contributed by atoms with Gasteiger partial charge in [-0.3, -0.25) is 0 Å². The van der Waals surface area contributed by atoms with Crippen molar-refractivity contribution in [1.82, 2.24) is 10.6 Å². The summed E-state index contributed by atoms with van der Waals surface area (Å²) in [7, 11) is 0. The van der Waals surface area contributed by atoms with Gasteiger partial charge in [0.05, 0.1) is 5.60 Å². The lowest BCUT2D eigenvalue weighted by Crippen LogP contribution is -2.58. The molecular weight excluding hydrogens is 152 g/mol. The van der Waals surface area contributed by atoms with E-state index in [0.717, 1.165) is 32.5 Å². The van der Waals surface area contributed by atoms with Gasteiger partial charge in [-0.2, -0.15) is 0 Å². The van der Waals surface area contributed by atoms with Gasteiger partial charge in [-0.25, -0.2) is 0 Å². The lowest BCUT2D eigenvalue weighted by atomic mass is 10.0. The highest BCUT2D eigenvalue weighted by Crippen LogP contribution is 2.28. The quantitative estimate of drug-likeness (QED) is 0.552. The summed E-state index contributed by atoms with van der Waals surface area (Å²) >= 11 is 0. The van der Waals surface area contributed by atoms with Crippen molar-refractivity contribution in [3.63, 3.8) is 0 Å². The van der Waals surface area contributed by atoms with Gasteiger partial charge in [0.15, 0.2) is 0 Å². The summed E-state index contributed by atoms with van der Waals surface area (Å²) in [5.74, 6) is 0. The third-order valence-electron chi connectivity index (χ3n) is 3.04. The maximum atomic E-state index is 9.98. The van der Waals surface area contributed by atoms with Gasteiger partial charge in [-0.1, -0.05) is 12.8 Å². The van der Waals surface area contributed by atoms with Gasteiger partial charge in [0.25, 0.3) is 0 Å². The van der Waals surface area contributed by atoms with E-state index in [2.05, 4.69) is 10.6 Å². The molecule has 3 N–H and O–H groups in total. The average Bonchev–Trinajstić information content (AvgIpc) is 2.33. The molecule has 0 radical (unpaired) electrons. The molecule has 3 nitrogen and oxygen atoms in total. The molecule has 1 saturated carbocycles. The minimum absolute atomic E-state index is 0.379. The van der Waals surface area contributed by atoms with Crippen molar-refractivity contribution < 1.29 is 5.11 Å². The summed E-state index contributed by atoms with van der Waals surface area (Å²) in [6, 6.07) is 0.606. The Bertz CT molecular complexity index is 151. The van der Waals surface area contributed by atoms with Crippen LogP contribution in [-0.2, 0) is 0 Å². The van der Waals surface area contributed by atoms with E-state index in [1.165, 1.54) is 12.8 Å². The molecule has 2 fully saturated rings. The van der Waals surface area contributed by atoms with Gasteiger partial charge in [-0.15, -0.1) is 0 Å². The fourth-order valence-electron chi connectivity index (χ4n) is 1.98. The van der Waals surface area contributed by atoms with Crippen LogP contribution in [0.1, 0.15) is 25.7 Å². The zero-order chi connectivity index (χ0) is 8.44. The molecule has 1 aliphatic heterocycles. The first-order valence-electron chi connectivity index (χ1n) is 4.95. The van der Waals surface area contributed by atoms with Crippen LogP contribution in [0.2, 0.25) is 0 Å². The summed E-state index contributed by atoms with van der Waals surface area (Å²) in [6.45, 7) is 2.92. The van der Waals surface area contributed by atoms with Crippen molar-refractivity contribution in [1.29, 1.82) is 0 Å². The van der Waals surface area contributed by atoms with Crippen LogP contribution in [0.5, 0.6) is 0 Å². The number of hydrogen-bond donors (Lipinski definition) is 3. The van der Waals surface area contributed by atoms with Crippen molar-refractivity contribution in [2.75, 3.05) is 19.6 Å². The normalized spacial score (nSPS) is 28.8. The number of rotatable bonds is 3. The molecule has 0 aromatic heterocycles. The van der Waals surface area contributed by atoms with Crippen molar-refractivity contribution in [3.8, 4) is 0 Å². The molecule has 0 atom stereocenters. The zero-order valence-electron chi connectivity index (χ0n) is 7.47. The van der Waals surface area contributed by atoms with Crippen LogP contribution in [0.15, 0.2) is 0 Å². The second-order valence-corrected chi connectivity index (χ2v) is 4.17. The highest BCUT2D eigenvalue weighted by atomic mass is 16.3. The van der Waals surface area contributed by atoms with Crippen LogP contribution in [0.25, 0.3) is 0 Å². The Kier molecular flexibility index (Phi) is 2.35. The first kappa shape index (κ1) is 8.48. The van der Waals surface area contributed by atoms with Gasteiger partial charge < -0.3 is 15.7 Å². The number of hydrogen-bond acceptors (Lipinski definition) is 3. The summed E-state index contributed by atoms with van der Waals surface area (Å²) in [6.07, 6.45) is 4.36. The predicted octanol–water partition coefficient (Wildman–Crippen LogP) is -0.147. The molecule has 2 aliphatic rings. The Morgan fingerprint density at radius 2 is 2.00 bits per heavy atom. The van der Waals surface area contributed by atoms with Crippen molar-refractivity contribution in [2.24, 2.45) is 0 Å². The van der Waals surface area contributed by atoms with E-state index in [1.807, 2.05) is 0 Å². The first-order chi connectivity index (χ1) is 5.79. The van der Waals surface area contributed by atoms with Crippen LogP contribution >= 0.6 is 0 Å². The average molecular weight is 170 g/mol. The highest BCUT2D eigenvalue weighted by Gasteiger charge is 2.31. The van der Waals surface area contributed by atoms with E-state index < -0.39 is 0 Å². The fourth-order valence-corrected chi connectivity index (χ4v) is 1.98. The lowest BCUT2D eigenvalue weighted by Gasteiger charge is -2.32. The van der Waals surface area contributed by atoms with Crippen molar-refractivity contribution in [3.05, 3.63) is 0 Å². The molecule has 0 spiro atoms. The summed E-state index contributed by atoms with van der Waals surface area (Å²) < 4.78 is 0. The van der Waals surface area contributed by atoms with E-state index in [0.29, 0.717) is 6.04 Å². The van der Waals surface area contributed by atoms with E-state index in [-0.39, 0.29) is 5.60 Å². The van der Waals surface area contributed by atoms with E-state index in [4.69, 9.17) is 0 Å². The first-order valence-corrected chi connectivity index (χ1v) is 4.95. The second kappa shape index (κ2) is 3.32. The van der Waals surface area contributed by atoms with Crippen molar-refractivity contribution in [2.45, 2.75) is 37.3 Å². The summed E-state index contributed by atoms with van der Waals surface area (Å²) in [5.41, 5.74) is -0.379. The molecule has 0 aromatic rings. The fraction of sp³-hybridized carbons (Fsp3) is 1.00. The smallest absolute Gasteiger partial charge is 0.0771 e. The summed E-state index contributed by atoms with van der Waals surface area (Å²) in [5, 5.41) is 16.6. The molecule has 12 heavy (non-hydrogen) atoms. The molecular formula is C9H18N2O. The van der Waals surface area contributed by atoms with Gasteiger partial charge in [0.1, 0.15) is 0 Å². The Labute approximate surface area is 73.5 Å². The molecule has 0 aromatic carbocycles. The maximum absolute atomic E-state index is 9.98. The molecule has 0 bridgehead atoms. The highest BCUT2D eigenvalue weighted by molar-refractivity contribution is 4.90. The van der Waals surface area contributed by atoms with E-state index >= 15 is 0 Å². The van der Waals surface area contributed by atoms with Crippen LogP contribution in [0.4, 0.5) is 0 Å². The molecule has 70 valence electrons. The summed E-state index contributed by atoms with van der Waals surface area (Å²) in [4.78, 5) is 0. The largest absolute Gasteiger partial charge is 0.389 e. The maximum Gasteiger partial charge on any atom is 0.0771 e. The predicted molar refractivity (Wildman–Crippen MR) is 48.1 cm³/mol. The minimum atomic E-state index is -0.379. The second-order valence-electron chi connectivity index (χ2n) is 4.17. The van der Waals surface area contributed by atoms with E-state index in [9.17, 15) is 5.11 Å².